The topological polar surface area (TPSA) is 53.5 Å². The molecule has 1 aromatic carbocycles. The number of aromatic hydroxyl groups is 1. The summed E-state index contributed by atoms with van der Waals surface area (Å²) in [6.45, 7) is 20.3. The summed E-state index contributed by atoms with van der Waals surface area (Å²) in [5.74, 6) is 1.31. The van der Waals surface area contributed by atoms with Gasteiger partial charge in [-0.2, -0.15) is 0 Å². The monoisotopic (exact) mass is 490 g/mol. The second-order valence-corrected chi connectivity index (χ2v) is 12.0. The van der Waals surface area contributed by atoms with Crippen molar-refractivity contribution in [2.75, 3.05) is 20.2 Å². The number of methoxy groups -OCH3 is 1. The second-order valence-electron chi connectivity index (χ2n) is 12.0. The molecule has 0 saturated heterocycles. The van der Waals surface area contributed by atoms with Gasteiger partial charge in [-0.1, -0.05) is 67.2 Å². The average Bonchev–Trinajstić information content (AvgIpc) is 2.79. The molecule has 0 aliphatic rings. The summed E-state index contributed by atoms with van der Waals surface area (Å²) < 4.78 is 5.88. The van der Waals surface area contributed by atoms with Gasteiger partial charge >= 0.3 is 0 Å². The minimum absolute atomic E-state index is 0.0613. The van der Waals surface area contributed by atoms with Crippen LogP contribution in [0.25, 0.3) is 0 Å². The molecule has 0 radical (unpaired) electrons. The normalized spacial score (nSPS) is 14.2. The molecule has 2 atom stereocenters. The summed E-state index contributed by atoms with van der Waals surface area (Å²) >= 11 is 0. The number of rotatable bonds is 19. The van der Waals surface area contributed by atoms with Crippen LogP contribution in [-0.4, -0.2) is 37.4 Å². The minimum Gasteiger partial charge on any atom is -0.508 e. The lowest BCUT2D eigenvalue weighted by atomic mass is 9.75. The van der Waals surface area contributed by atoms with Crippen molar-refractivity contribution in [1.82, 2.24) is 10.6 Å². The highest BCUT2D eigenvalue weighted by Gasteiger charge is 2.30. The summed E-state index contributed by atoms with van der Waals surface area (Å²) in [5, 5.41) is 18.4. The molecule has 2 unspecified atom stereocenters. The zero-order chi connectivity index (χ0) is 26.5. The lowest BCUT2D eigenvalue weighted by molar-refractivity contribution is 0.360. The van der Waals surface area contributed by atoms with Crippen molar-refractivity contribution in [3.8, 4) is 11.5 Å². The van der Waals surface area contributed by atoms with Gasteiger partial charge in [0.1, 0.15) is 11.5 Å². The van der Waals surface area contributed by atoms with E-state index >= 15 is 0 Å². The van der Waals surface area contributed by atoms with Gasteiger partial charge in [-0.05, 0) is 88.4 Å². The second kappa shape index (κ2) is 15.8. The molecular formula is C31H58N2O2. The first-order valence-corrected chi connectivity index (χ1v) is 14.4. The van der Waals surface area contributed by atoms with E-state index < -0.39 is 0 Å². The Hall–Kier alpha value is -1.26. The highest BCUT2D eigenvalue weighted by Crippen LogP contribution is 2.44. The molecule has 0 saturated carbocycles. The third-order valence-corrected chi connectivity index (χ3v) is 7.70. The van der Waals surface area contributed by atoms with Gasteiger partial charge in [0.05, 0.1) is 7.11 Å². The Labute approximate surface area is 218 Å². The first-order chi connectivity index (χ1) is 16.5. The predicted octanol–water partition coefficient (Wildman–Crippen LogP) is 7.85. The fourth-order valence-corrected chi connectivity index (χ4v) is 5.03. The van der Waals surface area contributed by atoms with Crippen LogP contribution in [0.2, 0.25) is 0 Å². The van der Waals surface area contributed by atoms with Gasteiger partial charge in [0.25, 0.3) is 0 Å². The van der Waals surface area contributed by atoms with Crippen LogP contribution in [0.15, 0.2) is 12.1 Å². The summed E-state index contributed by atoms with van der Waals surface area (Å²) in [7, 11) is 1.76. The van der Waals surface area contributed by atoms with Crippen LogP contribution >= 0.6 is 0 Å². The number of hydrogen-bond donors (Lipinski definition) is 3. The molecule has 0 fully saturated rings. The molecule has 1 aromatic rings. The quantitative estimate of drug-likeness (QED) is 0.173. The summed E-state index contributed by atoms with van der Waals surface area (Å²) in [5.41, 5.74) is 1.93. The van der Waals surface area contributed by atoms with Crippen LogP contribution in [0.4, 0.5) is 0 Å². The van der Waals surface area contributed by atoms with E-state index in [-0.39, 0.29) is 10.8 Å². The van der Waals surface area contributed by atoms with Crippen LogP contribution < -0.4 is 15.4 Å². The molecule has 0 aliphatic heterocycles. The molecular weight excluding hydrogens is 432 g/mol. The molecule has 0 heterocycles. The van der Waals surface area contributed by atoms with Crippen LogP contribution in [-0.2, 0) is 10.8 Å². The van der Waals surface area contributed by atoms with Gasteiger partial charge < -0.3 is 20.5 Å². The minimum atomic E-state index is -0.108. The smallest absolute Gasteiger partial charge is 0.123 e. The number of nitrogens with one attached hydrogen (secondary N) is 2. The lowest BCUT2D eigenvalue weighted by Crippen LogP contribution is -2.28. The molecule has 0 bridgehead atoms. The van der Waals surface area contributed by atoms with Gasteiger partial charge in [-0.15, -0.1) is 0 Å². The van der Waals surface area contributed by atoms with Crippen molar-refractivity contribution in [3.05, 3.63) is 23.3 Å². The number of unbranched alkanes of at least 4 members (excludes halogenated alkanes) is 2. The summed E-state index contributed by atoms with van der Waals surface area (Å²) in [6, 6.07) is 5.16. The molecule has 35 heavy (non-hydrogen) atoms. The Balaban J connectivity index is 2.82. The molecule has 4 nitrogen and oxygen atoms in total. The largest absolute Gasteiger partial charge is 0.508 e. The number of phenolic OH excluding ortho intramolecular Hbond substituents is 1. The lowest BCUT2D eigenvalue weighted by Gasteiger charge is -2.32. The zero-order valence-electron chi connectivity index (χ0n) is 24.7. The Morgan fingerprint density at radius 3 is 1.66 bits per heavy atom. The van der Waals surface area contributed by atoms with E-state index in [0.717, 1.165) is 68.5 Å². The standard InChI is InChI=1S/C31H58N2O2/c1-10-12-20-32-24(3)16-14-18-30(5,6)26-23-29(35-9)27(22-28(26)34)31(7,8)19-15-17-25(4)33-21-13-11-2/h22-25,32-34H,10-21H2,1-9H3. The first-order valence-electron chi connectivity index (χ1n) is 14.4. The van der Waals surface area contributed by atoms with E-state index in [1.165, 1.54) is 25.7 Å². The van der Waals surface area contributed by atoms with Crippen LogP contribution in [0.5, 0.6) is 11.5 Å². The molecule has 204 valence electrons. The Kier molecular flexibility index (Phi) is 14.3. The number of benzene rings is 1. The average molecular weight is 491 g/mol. The van der Waals surface area contributed by atoms with Crippen molar-refractivity contribution >= 4 is 0 Å². The number of hydrogen-bond acceptors (Lipinski definition) is 4. The molecule has 0 aliphatic carbocycles. The fourth-order valence-electron chi connectivity index (χ4n) is 5.03. The van der Waals surface area contributed by atoms with Crippen LogP contribution in [0.3, 0.4) is 0 Å². The summed E-state index contributed by atoms with van der Waals surface area (Å²) in [6.07, 6.45) is 11.6. The van der Waals surface area contributed by atoms with Crippen molar-refractivity contribution in [3.63, 3.8) is 0 Å². The van der Waals surface area contributed by atoms with Crippen LogP contribution in [0, 0.1) is 0 Å². The summed E-state index contributed by atoms with van der Waals surface area (Å²) in [4.78, 5) is 0. The third kappa shape index (κ3) is 11.1. The van der Waals surface area contributed by atoms with Crippen molar-refractivity contribution in [1.29, 1.82) is 0 Å². The van der Waals surface area contributed by atoms with Gasteiger partial charge in [0.2, 0.25) is 0 Å². The highest BCUT2D eigenvalue weighted by molar-refractivity contribution is 5.51. The molecule has 0 amide bonds. The maximum Gasteiger partial charge on any atom is 0.123 e. The van der Waals surface area contributed by atoms with Crippen molar-refractivity contribution in [2.45, 2.75) is 143 Å². The van der Waals surface area contributed by atoms with Crippen molar-refractivity contribution in [2.24, 2.45) is 0 Å². The van der Waals surface area contributed by atoms with E-state index in [9.17, 15) is 5.11 Å². The van der Waals surface area contributed by atoms with E-state index in [4.69, 9.17) is 4.74 Å². The molecule has 1 rings (SSSR count). The molecule has 0 aromatic heterocycles. The van der Waals surface area contributed by atoms with Gasteiger partial charge in [0, 0.05) is 23.2 Å². The van der Waals surface area contributed by atoms with Gasteiger partial charge in [0.15, 0.2) is 0 Å². The maximum atomic E-state index is 11.1. The van der Waals surface area contributed by atoms with Gasteiger partial charge in [-0.25, -0.2) is 0 Å². The Morgan fingerprint density at radius 2 is 1.23 bits per heavy atom. The third-order valence-electron chi connectivity index (χ3n) is 7.70. The van der Waals surface area contributed by atoms with Gasteiger partial charge in [-0.3, -0.25) is 0 Å². The Bertz CT molecular complexity index is 714. The maximum absolute atomic E-state index is 11.1. The Morgan fingerprint density at radius 1 is 0.771 bits per heavy atom. The predicted molar refractivity (Wildman–Crippen MR) is 153 cm³/mol. The fraction of sp³-hybridized carbons (Fsp3) is 0.806. The molecule has 0 spiro atoms. The van der Waals surface area contributed by atoms with Crippen molar-refractivity contribution < 1.29 is 9.84 Å². The number of phenols is 1. The molecule has 4 heteroatoms. The first kappa shape index (κ1) is 31.8. The van der Waals surface area contributed by atoms with E-state index in [1.807, 2.05) is 6.07 Å². The SMILES string of the molecule is CCCCNC(C)CCCC(C)(C)c1cc(OC)c(C(C)(C)CCCC(C)NCCCC)cc1O. The highest BCUT2D eigenvalue weighted by atomic mass is 16.5. The van der Waals surface area contributed by atoms with E-state index in [1.54, 1.807) is 7.11 Å². The van der Waals surface area contributed by atoms with E-state index in [2.05, 4.69) is 72.1 Å². The number of ether oxygens (including phenoxy) is 1. The molecule has 3 N–H and O–H groups in total. The van der Waals surface area contributed by atoms with E-state index in [0.29, 0.717) is 17.8 Å². The van der Waals surface area contributed by atoms with Crippen LogP contribution in [0.1, 0.15) is 131 Å². The zero-order valence-corrected chi connectivity index (χ0v) is 24.7.